The molecule has 0 amide bonds. The van der Waals surface area contributed by atoms with E-state index in [0.29, 0.717) is 0 Å². The van der Waals surface area contributed by atoms with Crippen LogP contribution in [0.1, 0.15) is 25.7 Å². The first-order valence-corrected chi connectivity index (χ1v) is 5.60. The normalized spacial score (nSPS) is 31.3. The van der Waals surface area contributed by atoms with Gasteiger partial charge in [-0.25, -0.2) is 0 Å². The Morgan fingerprint density at radius 1 is 1.13 bits per heavy atom. The highest BCUT2D eigenvalue weighted by Gasteiger charge is 2.33. The predicted molar refractivity (Wildman–Crippen MR) is 61.1 cm³/mol. The Morgan fingerprint density at radius 2 is 1.73 bits per heavy atom. The summed E-state index contributed by atoms with van der Waals surface area (Å²) in [6.45, 7) is 2.38. The zero-order chi connectivity index (χ0) is 9.97. The Balaban J connectivity index is 0.00000112. The van der Waals surface area contributed by atoms with Crippen molar-refractivity contribution in [3.8, 4) is 0 Å². The van der Waals surface area contributed by atoms with E-state index >= 15 is 0 Å². The molecule has 1 saturated carbocycles. The van der Waals surface area contributed by atoms with Crippen LogP contribution in [-0.4, -0.2) is 26.2 Å². The van der Waals surface area contributed by atoms with E-state index in [1.165, 1.54) is 33.0 Å². The van der Waals surface area contributed by atoms with Crippen molar-refractivity contribution in [2.45, 2.75) is 25.7 Å². The molecule has 88 valence electrons. The molecule has 2 aliphatic rings. The van der Waals surface area contributed by atoms with Crippen LogP contribution in [0.25, 0.3) is 0 Å². The predicted octanol–water partition coefficient (Wildman–Crippen LogP) is 1.61. The van der Waals surface area contributed by atoms with Gasteiger partial charge in [0, 0.05) is 0 Å². The van der Waals surface area contributed by atoms with E-state index in [9.17, 15) is 4.79 Å². The first kappa shape index (κ1) is 12.8. The van der Waals surface area contributed by atoms with Crippen LogP contribution < -0.4 is 5.32 Å². The number of rotatable bonds is 2. The highest BCUT2D eigenvalue weighted by Crippen LogP contribution is 2.35. The third-order valence-corrected chi connectivity index (χ3v) is 3.79. The molecule has 3 nitrogen and oxygen atoms in total. The first-order valence-electron chi connectivity index (χ1n) is 5.60. The van der Waals surface area contributed by atoms with E-state index in [-0.39, 0.29) is 24.3 Å². The summed E-state index contributed by atoms with van der Waals surface area (Å²) >= 11 is 0. The summed E-state index contributed by atoms with van der Waals surface area (Å²) in [5.41, 5.74) is 0. The standard InChI is InChI=1S/C11H19NO2.ClH/c1-14-11(13)9-4-2-8(3-5-9)10-6-12-7-10;/h8-10,12H,2-7H2,1H3;1H. The molecule has 0 spiro atoms. The minimum atomic E-state index is -0.00446. The quantitative estimate of drug-likeness (QED) is 0.737. The number of nitrogens with one attached hydrogen (secondary N) is 1. The van der Waals surface area contributed by atoms with Gasteiger partial charge in [-0.3, -0.25) is 4.79 Å². The maximum Gasteiger partial charge on any atom is 0.308 e. The average Bonchev–Trinajstić information content (AvgIpc) is 2.15. The monoisotopic (exact) mass is 233 g/mol. The average molecular weight is 234 g/mol. The summed E-state index contributed by atoms with van der Waals surface area (Å²) in [6.07, 6.45) is 4.50. The molecular weight excluding hydrogens is 214 g/mol. The van der Waals surface area contributed by atoms with E-state index in [1.54, 1.807) is 0 Å². The molecule has 2 rings (SSSR count). The highest BCUT2D eigenvalue weighted by atomic mass is 35.5. The fraction of sp³-hybridized carbons (Fsp3) is 0.909. The third kappa shape index (κ3) is 2.85. The van der Waals surface area contributed by atoms with Crippen molar-refractivity contribution in [1.82, 2.24) is 5.32 Å². The number of esters is 1. The molecule has 0 aromatic heterocycles. The van der Waals surface area contributed by atoms with Crippen LogP contribution in [0, 0.1) is 17.8 Å². The second-order valence-corrected chi connectivity index (χ2v) is 4.55. The summed E-state index contributed by atoms with van der Waals surface area (Å²) in [7, 11) is 1.49. The number of ether oxygens (including phenoxy) is 1. The van der Waals surface area contributed by atoms with Gasteiger partial charge in [0.15, 0.2) is 0 Å². The molecule has 1 aliphatic heterocycles. The maximum atomic E-state index is 11.3. The fourth-order valence-electron chi connectivity index (χ4n) is 2.64. The number of carbonyl (C=O) groups is 1. The van der Waals surface area contributed by atoms with Crippen LogP contribution in [0.5, 0.6) is 0 Å². The molecule has 0 unspecified atom stereocenters. The second-order valence-electron chi connectivity index (χ2n) is 4.55. The molecule has 0 bridgehead atoms. The molecule has 4 heteroatoms. The van der Waals surface area contributed by atoms with Crippen LogP contribution in [-0.2, 0) is 9.53 Å². The molecule has 1 aliphatic carbocycles. The molecule has 1 heterocycles. The largest absolute Gasteiger partial charge is 0.469 e. The van der Waals surface area contributed by atoms with Crippen molar-refractivity contribution in [2.24, 2.45) is 17.8 Å². The lowest BCUT2D eigenvalue weighted by Gasteiger charge is -2.38. The van der Waals surface area contributed by atoms with Crippen molar-refractivity contribution >= 4 is 18.4 Å². The number of methoxy groups -OCH3 is 1. The maximum absolute atomic E-state index is 11.3. The van der Waals surface area contributed by atoms with Crippen LogP contribution in [0.2, 0.25) is 0 Å². The van der Waals surface area contributed by atoms with Crippen molar-refractivity contribution in [1.29, 1.82) is 0 Å². The van der Waals surface area contributed by atoms with Gasteiger partial charge in [-0.05, 0) is 50.6 Å². The van der Waals surface area contributed by atoms with Gasteiger partial charge in [0.1, 0.15) is 0 Å². The lowest BCUT2D eigenvalue weighted by atomic mass is 9.74. The second kappa shape index (κ2) is 5.71. The molecule has 0 atom stereocenters. The van der Waals surface area contributed by atoms with Crippen LogP contribution >= 0.6 is 12.4 Å². The Bertz CT molecular complexity index is 211. The molecule has 0 aromatic carbocycles. The van der Waals surface area contributed by atoms with Crippen molar-refractivity contribution in [3.63, 3.8) is 0 Å². The van der Waals surface area contributed by atoms with E-state index < -0.39 is 0 Å². The van der Waals surface area contributed by atoms with Crippen molar-refractivity contribution in [2.75, 3.05) is 20.2 Å². The van der Waals surface area contributed by atoms with Gasteiger partial charge >= 0.3 is 5.97 Å². The van der Waals surface area contributed by atoms with Crippen molar-refractivity contribution in [3.05, 3.63) is 0 Å². The SMILES string of the molecule is COC(=O)C1CCC(C2CNC2)CC1.Cl. The highest BCUT2D eigenvalue weighted by molar-refractivity contribution is 5.85. The smallest absolute Gasteiger partial charge is 0.308 e. The number of halogens is 1. The van der Waals surface area contributed by atoms with Gasteiger partial charge in [0.05, 0.1) is 13.0 Å². The lowest BCUT2D eigenvalue weighted by molar-refractivity contribution is -0.147. The van der Waals surface area contributed by atoms with Crippen molar-refractivity contribution < 1.29 is 9.53 Å². The van der Waals surface area contributed by atoms with Gasteiger partial charge < -0.3 is 10.1 Å². The molecule has 2 fully saturated rings. The first-order chi connectivity index (χ1) is 6.81. The van der Waals surface area contributed by atoms with Crippen LogP contribution in [0.3, 0.4) is 0 Å². The van der Waals surface area contributed by atoms with E-state index in [2.05, 4.69) is 5.32 Å². The number of carbonyl (C=O) groups excluding carboxylic acids is 1. The lowest BCUT2D eigenvalue weighted by Crippen LogP contribution is -2.47. The van der Waals surface area contributed by atoms with Gasteiger partial charge in [0.2, 0.25) is 0 Å². The Hall–Kier alpha value is -0.280. The van der Waals surface area contributed by atoms with Gasteiger partial charge in [0.25, 0.3) is 0 Å². The summed E-state index contributed by atoms with van der Waals surface area (Å²) in [5, 5.41) is 3.31. The molecule has 0 aromatic rings. The number of hydrogen-bond acceptors (Lipinski definition) is 3. The third-order valence-electron chi connectivity index (χ3n) is 3.79. The summed E-state index contributed by atoms with van der Waals surface area (Å²) in [6, 6.07) is 0. The summed E-state index contributed by atoms with van der Waals surface area (Å²) < 4.78 is 4.77. The molecule has 1 saturated heterocycles. The van der Waals surface area contributed by atoms with Gasteiger partial charge in [-0.1, -0.05) is 0 Å². The molecular formula is C11H20ClNO2. The fourth-order valence-corrected chi connectivity index (χ4v) is 2.64. The topological polar surface area (TPSA) is 38.3 Å². The Kier molecular flexibility index (Phi) is 4.87. The summed E-state index contributed by atoms with van der Waals surface area (Å²) in [4.78, 5) is 11.3. The minimum Gasteiger partial charge on any atom is -0.469 e. The van der Waals surface area contributed by atoms with Crippen LogP contribution in [0.15, 0.2) is 0 Å². The Morgan fingerprint density at radius 3 is 2.13 bits per heavy atom. The van der Waals surface area contributed by atoms with E-state index in [1.807, 2.05) is 0 Å². The number of hydrogen-bond donors (Lipinski definition) is 1. The van der Waals surface area contributed by atoms with E-state index in [0.717, 1.165) is 24.7 Å². The minimum absolute atomic E-state index is 0. The zero-order valence-corrected chi connectivity index (χ0v) is 10.0. The van der Waals surface area contributed by atoms with Gasteiger partial charge in [-0.15, -0.1) is 12.4 Å². The molecule has 0 radical (unpaired) electrons. The molecule has 15 heavy (non-hydrogen) atoms. The summed E-state index contributed by atoms with van der Waals surface area (Å²) in [5.74, 6) is 1.92. The zero-order valence-electron chi connectivity index (χ0n) is 9.20. The molecule has 1 N–H and O–H groups in total. The van der Waals surface area contributed by atoms with Gasteiger partial charge in [-0.2, -0.15) is 0 Å². The van der Waals surface area contributed by atoms with Crippen LogP contribution in [0.4, 0.5) is 0 Å². The Labute approximate surface area is 97.4 Å². The van der Waals surface area contributed by atoms with E-state index in [4.69, 9.17) is 4.74 Å².